The Morgan fingerprint density at radius 3 is 2.65 bits per heavy atom. The Bertz CT molecular complexity index is 910. The highest BCUT2D eigenvalue weighted by Gasteiger charge is 2.25. The molecule has 1 aromatic heterocycles. The number of hydrogen-bond donors (Lipinski definition) is 0. The number of aromatic nitrogens is 2. The first-order valence-electron chi connectivity index (χ1n) is 9.07. The molecule has 5 nitrogen and oxygen atoms in total. The van der Waals surface area contributed by atoms with E-state index in [1.54, 1.807) is 7.11 Å². The first kappa shape index (κ1) is 16.6. The van der Waals surface area contributed by atoms with Gasteiger partial charge in [0.2, 0.25) is 5.91 Å². The van der Waals surface area contributed by atoms with Gasteiger partial charge in [-0.2, -0.15) is 0 Å². The van der Waals surface area contributed by atoms with E-state index < -0.39 is 0 Å². The molecule has 1 aliphatic heterocycles. The van der Waals surface area contributed by atoms with Crippen molar-refractivity contribution in [3.8, 4) is 5.75 Å². The molecular formula is C21H23N3O2. The lowest BCUT2D eigenvalue weighted by atomic mass is 10.0. The van der Waals surface area contributed by atoms with Crippen molar-refractivity contribution in [1.29, 1.82) is 0 Å². The van der Waals surface area contributed by atoms with Gasteiger partial charge in [-0.05, 0) is 31.0 Å². The number of para-hydroxylation sites is 3. The van der Waals surface area contributed by atoms with Gasteiger partial charge in [0.1, 0.15) is 5.75 Å². The van der Waals surface area contributed by atoms with E-state index in [0.717, 1.165) is 42.8 Å². The molecule has 1 aliphatic rings. The summed E-state index contributed by atoms with van der Waals surface area (Å²) in [6, 6.07) is 16.3. The van der Waals surface area contributed by atoms with Crippen LogP contribution in [0, 0.1) is 0 Å². The van der Waals surface area contributed by atoms with Crippen molar-refractivity contribution >= 4 is 16.9 Å². The number of likely N-dealkylation sites (tertiary alicyclic amines) is 1. The summed E-state index contributed by atoms with van der Waals surface area (Å²) in [4.78, 5) is 19.2. The standard InChI is InChI=1S/C21H23N3O2/c1-26-20-9-5-2-6-16(20)14-21(25)23-12-10-17(11-13-23)24-15-22-18-7-3-4-8-19(18)24/h2-9,15,17H,10-14H2,1H3. The fourth-order valence-corrected chi connectivity index (χ4v) is 3.79. The minimum atomic E-state index is 0.170. The Morgan fingerprint density at radius 2 is 1.85 bits per heavy atom. The molecule has 3 aromatic rings. The number of hydrogen-bond acceptors (Lipinski definition) is 3. The van der Waals surface area contributed by atoms with E-state index >= 15 is 0 Å². The predicted molar refractivity (Wildman–Crippen MR) is 101 cm³/mol. The van der Waals surface area contributed by atoms with E-state index in [9.17, 15) is 4.79 Å². The number of carbonyl (C=O) groups excluding carboxylic acids is 1. The van der Waals surface area contributed by atoms with Gasteiger partial charge in [0.05, 0.1) is 30.9 Å². The van der Waals surface area contributed by atoms with Crippen molar-refractivity contribution in [3.63, 3.8) is 0 Å². The van der Waals surface area contributed by atoms with Gasteiger partial charge in [0.15, 0.2) is 0 Å². The second-order valence-corrected chi connectivity index (χ2v) is 6.74. The van der Waals surface area contributed by atoms with Crippen LogP contribution in [-0.4, -0.2) is 40.6 Å². The topological polar surface area (TPSA) is 47.4 Å². The maximum absolute atomic E-state index is 12.7. The zero-order valence-electron chi connectivity index (χ0n) is 15.0. The first-order valence-corrected chi connectivity index (χ1v) is 9.07. The van der Waals surface area contributed by atoms with E-state index in [4.69, 9.17) is 4.74 Å². The number of amides is 1. The van der Waals surface area contributed by atoms with Crippen LogP contribution in [0.5, 0.6) is 5.75 Å². The van der Waals surface area contributed by atoms with Crippen molar-refractivity contribution in [2.45, 2.75) is 25.3 Å². The summed E-state index contributed by atoms with van der Waals surface area (Å²) in [6.07, 6.45) is 4.24. The normalized spacial score (nSPS) is 15.3. The summed E-state index contributed by atoms with van der Waals surface area (Å²) in [5.41, 5.74) is 3.15. The number of imidazole rings is 1. The molecule has 0 radical (unpaired) electrons. The number of methoxy groups -OCH3 is 1. The van der Waals surface area contributed by atoms with Gasteiger partial charge in [0, 0.05) is 24.7 Å². The Kier molecular flexibility index (Phi) is 4.61. The highest BCUT2D eigenvalue weighted by atomic mass is 16.5. The van der Waals surface area contributed by atoms with E-state index in [-0.39, 0.29) is 5.91 Å². The minimum Gasteiger partial charge on any atom is -0.496 e. The Labute approximate surface area is 153 Å². The molecule has 0 unspecified atom stereocenters. The molecule has 1 fully saturated rings. The number of nitrogens with zero attached hydrogens (tertiary/aromatic N) is 3. The fourth-order valence-electron chi connectivity index (χ4n) is 3.79. The summed E-state index contributed by atoms with van der Waals surface area (Å²) < 4.78 is 7.62. The van der Waals surface area contributed by atoms with Gasteiger partial charge in [-0.3, -0.25) is 4.79 Å². The van der Waals surface area contributed by atoms with Crippen LogP contribution in [0.25, 0.3) is 11.0 Å². The zero-order chi connectivity index (χ0) is 17.9. The van der Waals surface area contributed by atoms with E-state index in [1.807, 2.05) is 53.7 Å². The third-order valence-electron chi connectivity index (χ3n) is 5.23. The fraction of sp³-hybridized carbons (Fsp3) is 0.333. The SMILES string of the molecule is COc1ccccc1CC(=O)N1CCC(n2cnc3ccccc32)CC1. The summed E-state index contributed by atoms with van der Waals surface area (Å²) in [5.74, 6) is 0.948. The predicted octanol–water partition coefficient (Wildman–Crippen LogP) is 3.45. The smallest absolute Gasteiger partial charge is 0.227 e. The Balaban J connectivity index is 1.41. The molecule has 0 atom stereocenters. The molecule has 5 heteroatoms. The lowest BCUT2D eigenvalue weighted by molar-refractivity contribution is -0.131. The van der Waals surface area contributed by atoms with Crippen LogP contribution < -0.4 is 4.74 Å². The highest BCUT2D eigenvalue weighted by molar-refractivity contribution is 5.79. The number of benzene rings is 2. The van der Waals surface area contributed by atoms with E-state index in [0.29, 0.717) is 12.5 Å². The molecule has 2 heterocycles. The number of ether oxygens (including phenoxy) is 1. The molecule has 2 aromatic carbocycles. The molecule has 1 saturated heterocycles. The van der Waals surface area contributed by atoms with Gasteiger partial charge in [-0.25, -0.2) is 4.98 Å². The van der Waals surface area contributed by atoms with E-state index in [1.165, 1.54) is 5.52 Å². The lowest BCUT2D eigenvalue weighted by Crippen LogP contribution is -2.39. The van der Waals surface area contributed by atoms with Crippen LogP contribution in [0.1, 0.15) is 24.4 Å². The molecule has 26 heavy (non-hydrogen) atoms. The van der Waals surface area contributed by atoms with Gasteiger partial charge >= 0.3 is 0 Å². The van der Waals surface area contributed by atoms with Crippen LogP contribution in [0.15, 0.2) is 54.9 Å². The van der Waals surface area contributed by atoms with Crippen molar-refractivity contribution < 1.29 is 9.53 Å². The minimum absolute atomic E-state index is 0.170. The van der Waals surface area contributed by atoms with Gasteiger partial charge < -0.3 is 14.2 Å². The average molecular weight is 349 g/mol. The summed E-state index contributed by atoms with van der Waals surface area (Å²) >= 11 is 0. The number of carbonyl (C=O) groups is 1. The largest absolute Gasteiger partial charge is 0.496 e. The van der Waals surface area contributed by atoms with Gasteiger partial charge in [-0.1, -0.05) is 30.3 Å². The van der Waals surface area contributed by atoms with Crippen LogP contribution in [0.4, 0.5) is 0 Å². The van der Waals surface area contributed by atoms with E-state index in [2.05, 4.69) is 15.6 Å². The third-order valence-corrected chi connectivity index (χ3v) is 5.23. The molecule has 0 spiro atoms. The molecule has 0 N–H and O–H groups in total. The van der Waals surface area contributed by atoms with Crippen molar-refractivity contribution in [3.05, 3.63) is 60.4 Å². The third kappa shape index (κ3) is 3.17. The van der Waals surface area contributed by atoms with Crippen molar-refractivity contribution in [1.82, 2.24) is 14.5 Å². The van der Waals surface area contributed by atoms with Crippen LogP contribution in [-0.2, 0) is 11.2 Å². The van der Waals surface area contributed by atoms with Crippen LogP contribution in [0.3, 0.4) is 0 Å². The summed E-state index contributed by atoms with van der Waals surface area (Å²) in [5, 5.41) is 0. The summed E-state index contributed by atoms with van der Waals surface area (Å²) in [6.45, 7) is 1.57. The Morgan fingerprint density at radius 1 is 1.12 bits per heavy atom. The number of piperidine rings is 1. The zero-order valence-corrected chi connectivity index (χ0v) is 15.0. The van der Waals surface area contributed by atoms with Crippen LogP contribution in [0.2, 0.25) is 0 Å². The van der Waals surface area contributed by atoms with Gasteiger partial charge in [-0.15, -0.1) is 0 Å². The maximum atomic E-state index is 12.7. The number of rotatable bonds is 4. The Hall–Kier alpha value is -2.82. The molecule has 134 valence electrons. The molecule has 4 rings (SSSR count). The molecule has 0 aliphatic carbocycles. The molecular weight excluding hydrogens is 326 g/mol. The number of fused-ring (bicyclic) bond motifs is 1. The molecule has 0 saturated carbocycles. The highest BCUT2D eigenvalue weighted by Crippen LogP contribution is 2.27. The van der Waals surface area contributed by atoms with Crippen molar-refractivity contribution in [2.24, 2.45) is 0 Å². The lowest BCUT2D eigenvalue weighted by Gasteiger charge is -2.33. The van der Waals surface area contributed by atoms with Crippen molar-refractivity contribution in [2.75, 3.05) is 20.2 Å². The average Bonchev–Trinajstić information content (AvgIpc) is 3.12. The van der Waals surface area contributed by atoms with Gasteiger partial charge in [0.25, 0.3) is 0 Å². The first-order chi connectivity index (χ1) is 12.8. The quantitative estimate of drug-likeness (QED) is 0.725. The van der Waals surface area contributed by atoms with Crippen LogP contribution >= 0.6 is 0 Å². The molecule has 1 amide bonds. The molecule has 0 bridgehead atoms. The second-order valence-electron chi connectivity index (χ2n) is 6.74. The monoisotopic (exact) mass is 349 g/mol. The summed E-state index contributed by atoms with van der Waals surface area (Å²) in [7, 11) is 1.64. The maximum Gasteiger partial charge on any atom is 0.227 e. The second kappa shape index (κ2) is 7.20.